The third-order valence-corrected chi connectivity index (χ3v) is 6.21. The highest BCUT2D eigenvalue weighted by Crippen LogP contribution is 2.36. The summed E-state index contributed by atoms with van der Waals surface area (Å²) < 4.78 is 40.8. The molecule has 1 aliphatic rings. The van der Waals surface area contributed by atoms with Crippen molar-refractivity contribution in [1.82, 2.24) is 4.72 Å². The van der Waals surface area contributed by atoms with Gasteiger partial charge in [0.25, 0.3) is 0 Å². The van der Waals surface area contributed by atoms with Crippen molar-refractivity contribution in [2.24, 2.45) is 5.41 Å². The minimum Gasteiger partial charge on any atom is -0.208 e. The normalized spacial score (nSPS) is 22.7. The van der Waals surface area contributed by atoms with Crippen molar-refractivity contribution in [3.63, 3.8) is 0 Å². The first-order valence-electron chi connectivity index (χ1n) is 6.67. The number of benzene rings is 1. The zero-order chi connectivity index (χ0) is 15.0. The number of hydrogen-bond acceptors (Lipinski definition) is 2. The highest BCUT2D eigenvalue weighted by molar-refractivity contribution is 9.10. The van der Waals surface area contributed by atoms with Crippen molar-refractivity contribution >= 4 is 26.0 Å². The molecule has 0 saturated heterocycles. The molecule has 0 amide bonds. The second kappa shape index (κ2) is 5.73. The molecule has 1 N–H and O–H groups in total. The predicted molar refractivity (Wildman–Crippen MR) is 80.5 cm³/mol. The molecule has 2 rings (SSSR count). The van der Waals surface area contributed by atoms with Gasteiger partial charge in [0.1, 0.15) is 5.82 Å². The van der Waals surface area contributed by atoms with E-state index < -0.39 is 15.8 Å². The van der Waals surface area contributed by atoms with Crippen LogP contribution < -0.4 is 4.72 Å². The van der Waals surface area contributed by atoms with Crippen LogP contribution in [-0.2, 0) is 10.0 Å². The molecule has 0 radical (unpaired) electrons. The van der Waals surface area contributed by atoms with Crippen LogP contribution in [0, 0.1) is 11.2 Å². The van der Waals surface area contributed by atoms with Gasteiger partial charge in [-0.05, 0) is 58.8 Å². The van der Waals surface area contributed by atoms with Crippen LogP contribution in [0.5, 0.6) is 0 Å². The lowest BCUT2D eigenvalue weighted by Crippen LogP contribution is -2.40. The molecule has 0 aliphatic heterocycles. The van der Waals surface area contributed by atoms with Crippen molar-refractivity contribution in [2.45, 2.75) is 50.5 Å². The second-order valence-corrected chi connectivity index (χ2v) is 8.69. The molecule has 1 aliphatic carbocycles. The average Bonchev–Trinajstić information content (AvgIpc) is 2.25. The maximum absolute atomic E-state index is 13.1. The zero-order valence-electron chi connectivity index (χ0n) is 11.6. The van der Waals surface area contributed by atoms with Gasteiger partial charge < -0.3 is 0 Å². The van der Waals surface area contributed by atoms with E-state index in [1.807, 2.05) is 0 Å². The predicted octanol–water partition coefficient (Wildman–Crippen LogP) is 3.84. The van der Waals surface area contributed by atoms with Crippen molar-refractivity contribution < 1.29 is 12.8 Å². The van der Waals surface area contributed by atoms with Gasteiger partial charge in [-0.1, -0.05) is 20.3 Å². The Bertz CT molecular complexity index is 601. The first kappa shape index (κ1) is 15.9. The second-order valence-electron chi connectivity index (χ2n) is 6.15. The quantitative estimate of drug-likeness (QED) is 0.886. The number of rotatable bonds is 3. The smallest absolute Gasteiger partial charge is 0.208 e. The van der Waals surface area contributed by atoms with Crippen molar-refractivity contribution in [3.8, 4) is 0 Å². The summed E-state index contributed by atoms with van der Waals surface area (Å²) >= 11 is 3.11. The summed E-state index contributed by atoms with van der Waals surface area (Å²) in [6.45, 7) is 4.31. The third kappa shape index (κ3) is 3.80. The average molecular weight is 364 g/mol. The summed E-state index contributed by atoms with van der Waals surface area (Å²) in [6.07, 6.45) is 3.81. The van der Waals surface area contributed by atoms with Crippen LogP contribution in [0.1, 0.15) is 39.5 Å². The van der Waals surface area contributed by atoms with Crippen LogP contribution >= 0.6 is 15.9 Å². The van der Waals surface area contributed by atoms with Crippen molar-refractivity contribution in [1.29, 1.82) is 0 Å². The molecule has 0 aromatic heterocycles. The molecule has 112 valence electrons. The standard InChI is InChI=1S/C14H19BrFNO2S/c1-14(2)7-3-4-11(9-14)17-20(18,19)13-6-5-10(16)8-12(13)15/h5-6,8,11,17H,3-4,7,9H2,1-2H3. The van der Waals surface area contributed by atoms with Crippen LogP contribution in [0.4, 0.5) is 4.39 Å². The van der Waals surface area contributed by atoms with E-state index in [0.717, 1.165) is 31.7 Å². The topological polar surface area (TPSA) is 46.2 Å². The van der Waals surface area contributed by atoms with Crippen molar-refractivity contribution in [3.05, 3.63) is 28.5 Å². The number of hydrogen-bond donors (Lipinski definition) is 1. The maximum atomic E-state index is 13.1. The van der Waals surface area contributed by atoms with E-state index in [2.05, 4.69) is 34.5 Å². The Balaban J connectivity index is 2.19. The largest absolute Gasteiger partial charge is 0.241 e. The fourth-order valence-electron chi connectivity index (χ4n) is 2.77. The Labute approximate surface area is 128 Å². The van der Waals surface area contributed by atoms with E-state index >= 15 is 0 Å². The summed E-state index contributed by atoms with van der Waals surface area (Å²) in [4.78, 5) is 0.0854. The van der Waals surface area contributed by atoms with E-state index in [0.29, 0.717) is 0 Å². The van der Waals surface area contributed by atoms with Gasteiger partial charge in [0.2, 0.25) is 10.0 Å². The van der Waals surface area contributed by atoms with Gasteiger partial charge in [-0.25, -0.2) is 17.5 Å². The first-order chi connectivity index (χ1) is 9.20. The van der Waals surface area contributed by atoms with E-state index in [9.17, 15) is 12.8 Å². The molecule has 20 heavy (non-hydrogen) atoms. The Kier molecular flexibility index (Phi) is 4.56. The maximum Gasteiger partial charge on any atom is 0.241 e. The van der Waals surface area contributed by atoms with Crippen LogP contribution in [0.3, 0.4) is 0 Å². The highest BCUT2D eigenvalue weighted by atomic mass is 79.9. The summed E-state index contributed by atoms with van der Waals surface area (Å²) in [5, 5.41) is 0. The minimum absolute atomic E-state index is 0.0549. The number of sulfonamides is 1. The molecule has 1 unspecified atom stereocenters. The molecule has 0 heterocycles. The summed E-state index contributed by atoms with van der Waals surface area (Å²) in [5.41, 5.74) is 0.158. The Morgan fingerprint density at radius 3 is 2.70 bits per heavy atom. The third-order valence-electron chi connectivity index (χ3n) is 3.71. The molecule has 1 aromatic carbocycles. The minimum atomic E-state index is -3.62. The molecule has 6 heteroatoms. The van der Waals surface area contributed by atoms with Gasteiger partial charge in [-0.2, -0.15) is 0 Å². The molecule has 0 bridgehead atoms. The van der Waals surface area contributed by atoms with Crippen LogP contribution in [-0.4, -0.2) is 14.5 Å². The number of halogens is 2. The van der Waals surface area contributed by atoms with Crippen LogP contribution in [0.25, 0.3) is 0 Å². The number of nitrogens with one attached hydrogen (secondary N) is 1. The summed E-state index contributed by atoms with van der Waals surface area (Å²) in [5.74, 6) is -0.463. The molecular weight excluding hydrogens is 345 g/mol. The van der Waals surface area contributed by atoms with E-state index in [1.54, 1.807) is 0 Å². The van der Waals surface area contributed by atoms with Gasteiger partial charge in [-0.3, -0.25) is 0 Å². The van der Waals surface area contributed by atoms with Crippen LogP contribution in [0.2, 0.25) is 0 Å². The molecule has 1 atom stereocenters. The molecule has 1 saturated carbocycles. The lowest BCUT2D eigenvalue weighted by atomic mass is 9.75. The summed E-state index contributed by atoms with van der Waals surface area (Å²) in [6, 6.07) is 3.56. The van der Waals surface area contributed by atoms with E-state index in [-0.39, 0.29) is 20.8 Å². The zero-order valence-corrected chi connectivity index (χ0v) is 14.0. The molecule has 3 nitrogen and oxygen atoms in total. The van der Waals surface area contributed by atoms with Crippen molar-refractivity contribution in [2.75, 3.05) is 0 Å². The first-order valence-corrected chi connectivity index (χ1v) is 8.95. The molecule has 0 spiro atoms. The van der Waals surface area contributed by atoms with Crippen LogP contribution in [0.15, 0.2) is 27.6 Å². The Hall–Kier alpha value is -0.460. The lowest BCUT2D eigenvalue weighted by molar-refractivity contribution is 0.212. The van der Waals surface area contributed by atoms with Gasteiger partial charge in [0.15, 0.2) is 0 Å². The molecule has 1 fully saturated rings. The van der Waals surface area contributed by atoms with Gasteiger partial charge in [-0.15, -0.1) is 0 Å². The van der Waals surface area contributed by atoms with E-state index in [4.69, 9.17) is 0 Å². The van der Waals surface area contributed by atoms with E-state index in [1.165, 1.54) is 12.1 Å². The monoisotopic (exact) mass is 363 g/mol. The molecule has 1 aromatic rings. The fourth-order valence-corrected chi connectivity index (χ4v) is 5.09. The SMILES string of the molecule is CC1(C)CCCC(NS(=O)(=O)c2ccc(F)cc2Br)C1. The van der Waals surface area contributed by atoms with Gasteiger partial charge >= 0.3 is 0 Å². The summed E-state index contributed by atoms with van der Waals surface area (Å²) in [7, 11) is -3.62. The Morgan fingerprint density at radius 2 is 2.10 bits per heavy atom. The van der Waals surface area contributed by atoms with Gasteiger partial charge in [0.05, 0.1) is 4.90 Å². The fraction of sp³-hybridized carbons (Fsp3) is 0.571. The highest BCUT2D eigenvalue weighted by Gasteiger charge is 2.31. The van der Waals surface area contributed by atoms with Gasteiger partial charge in [0, 0.05) is 10.5 Å². The molecular formula is C14H19BrFNO2S. The Morgan fingerprint density at radius 1 is 1.40 bits per heavy atom. The lowest BCUT2D eigenvalue weighted by Gasteiger charge is -2.35.